The van der Waals surface area contributed by atoms with Gasteiger partial charge in [-0.15, -0.1) is 0 Å². The van der Waals surface area contributed by atoms with Crippen LogP contribution in [0.5, 0.6) is 0 Å². The van der Waals surface area contributed by atoms with Gasteiger partial charge in [0, 0.05) is 31.3 Å². The van der Waals surface area contributed by atoms with Gasteiger partial charge in [0.2, 0.25) is 10.0 Å². The molecule has 1 aliphatic rings. The Kier molecular flexibility index (Phi) is 7.67. The summed E-state index contributed by atoms with van der Waals surface area (Å²) in [5, 5.41) is 0. The van der Waals surface area contributed by atoms with Gasteiger partial charge in [-0.05, 0) is 67.9 Å². The van der Waals surface area contributed by atoms with Crippen molar-refractivity contribution in [1.82, 2.24) is 9.29 Å². The van der Waals surface area contributed by atoms with Crippen LogP contribution in [0.1, 0.15) is 54.2 Å². The normalized spacial score (nSPS) is 20.5. The maximum atomic E-state index is 13.5. The van der Waals surface area contributed by atoms with Crippen molar-refractivity contribution in [3.05, 3.63) is 69.4 Å². The Morgan fingerprint density at radius 3 is 2.58 bits per heavy atom. The summed E-state index contributed by atoms with van der Waals surface area (Å²) in [5.41, 5.74) is 2.35. The van der Waals surface area contributed by atoms with E-state index in [0.717, 1.165) is 43.1 Å². The zero-order chi connectivity index (χ0) is 22.6. The lowest BCUT2D eigenvalue weighted by atomic mass is 9.82. The number of pyridine rings is 1. The summed E-state index contributed by atoms with van der Waals surface area (Å²) in [7, 11) is -1.70. The monoisotopic (exact) mass is 450 g/mol. The Labute approximate surface area is 183 Å². The molecule has 0 spiro atoms. The molecule has 1 N–H and O–H groups in total. The van der Waals surface area contributed by atoms with E-state index in [9.17, 15) is 17.6 Å². The molecule has 1 aromatic carbocycles. The van der Waals surface area contributed by atoms with Crippen LogP contribution in [0, 0.1) is 12.7 Å². The second-order valence-corrected chi connectivity index (χ2v) is 10.4. The highest BCUT2D eigenvalue weighted by molar-refractivity contribution is 7.88. The number of sulfonamides is 1. The lowest BCUT2D eigenvalue weighted by molar-refractivity contribution is 0.0168. The topological polar surface area (TPSA) is 77.4 Å². The number of nitrogens with zero attached hydrogens (tertiary/aromatic N) is 1. The van der Waals surface area contributed by atoms with Crippen molar-refractivity contribution >= 4 is 10.0 Å². The Bertz CT molecular complexity index is 1060. The van der Waals surface area contributed by atoms with Crippen molar-refractivity contribution in [1.29, 1.82) is 0 Å². The molecule has 31 heavy (non-hydrogen) atoms. The second kappa shape index (κ2) is 10.1. The van der Waals surface area contributed by atoms with Crippen molar-refractivity contribution in [3.63, 3.8) is 0 Å². The Balaban J connectivity index is 1.65. The number of hydrogen-bond acceptors (Lipinski definition) is 4. The van der Waals surface area contributed by atoms with Gasteiger partial charge in [0.15, 0.2) is 0 Å². The fraction of sp³-hybridized carbons (Fsp3) is 0.522. The Hall–Kier alpha value is -2.03. The van der Waals surface area contributed by atoms with Gasteiger partial charge < -0.3 is 9.30 Å². The first-order valence-electron chi connectivity index (χ1n) is 10.6. The fourth-order valence-electron chi connectivity index (χ4n) is 4.29. The molecule has 1 atom stereocenters. The van der Waals surface area contributed by atoms with E-state index in [1.807, 2.05) is 13.0 Å². The van der Waals surface area contributed by atoms with Crippen molar-refractivity contribution < 1.29 is 17.5 Å². The van der Waals surface area contributed by atoms with Crippen molar-refractivity contribution in [3.8, 4) is 0 Å². The van der Waals surface area contributed by atoms with Crippen LogP contribution in [-0.4, -0.2) is 38.5 Å². The molecule has 0 saturated heterocycles. The third kappa shape index (κ3) is 6.72. The van der Waals surface area contributed by atoms with Crippen molar-refractivity contribution in [2.75, 3.05) is 19.4 Å². The van der Waals surface area contributed by atoms with E-state index in [0.29, 0.717) is 11.5 Å². The third-order valence-corrected chi connectivity index (χ3v) is 6.60. The van der Waals surface area contributed by atoms with Crippen molar-refractivity contribution in [2.24, 2.45) is 7.05 Å². The maximum Gasteiger partial charge on any atom is 0.253 e. The van der Waals surface area contributed by atoms with Gasteiger partial charge in [-0.25, -0.2) is 17.5 Å². The van der Waals surface area contributed by atoms with Crippen LogP contribution in [0.2, 0.25) is 0 Å². The van der Waals surface area contributed by atoms with E-state index >= 15 is 0 Å². The Morgan fingerprint density at radius 2 is 1.94 bits per heavy atom. The number of aromatic nitrogens is 1. The van der Waals surface area contributed by atoms with Crippen LogP contribution in [0.15, 0.2) is 41.3 Å². The predicted molar refractivity (Wildman–Crippen MR) is 119 cm³/mol. The summed E-state index contributed by atoms with van der Waals surface area (Å²) >= 11 is 0. The number of rotatable bonds is 8. The van der Waals surface area contributed by atoms with E-state index in [-0.39, 0.29) is 36.5 Å². The van der Waals surface area contributed by atoms with Crippen LogP contribution in [0.25, 0.3) is 0 Å². The molecule has 1 fully saturated rings. The van der Waals surface area contributed by atoms with E-state index in [4.69, 9.17) is 4.74 Å². The molecule has 0 radical (unpaired) electrons. The SMILES string of the molecule is Cc1cc([C@@H](CNS(C)(=O)=O)COC2CCC(c3cccc(F)c3)CC2)c(=O)n(C)c1. The molecule has 170 valence electrons. The van der Waals surface area contributed by atoms with E-state index in [1.54, 1.807) is 31.4 Å². The number of ether oxygens (including phenoxy) is 1. The first-order chi connectivity index (χ1) is 14.6. The van der Waals surface area contributed by atoms with Gasteiger partial charge in [0.05, 0.1) is 19.0 Å². The van der Waals surface area contributed by atoms with E-state index < -0.39 is 10.0 Å². The van der Waals surface area contributed by atoms with Gasteiger partial charge in [0.25, 0.3) is 5.56 Å². The molecular formula is C23H31FN2O4S. The summed E-state index contributed by atoms with van der Waals surface area (Å²) < 4.78 is 46.9. The Morgan fingerprint density at radius 1 is 1.23 bits per heavy atom. The molecule has 0 unspecified atom stereocenters. The molecule has 1 heterocycles. The van der Waals surface area contributed by atoms with Gasteiger partial charge in [-0.1, -0.05) is 12.1 Å². The summed E-state index contributed by atoms with van der Waals surface area (Å²) in [6.45, 7) is 2.27. The minimum Gasteiger partial charge on any atom is -0.378 e. The molecule has 1 saturated carbocycles. The molecule has 8 heteroatoms. The van der Waals surface area contributed by atoms with Crippen LogP contribution in [-0.2, 0) is 21.8 Å². The fourth-order valence-corrected chi connectivity index (χ4v) is 4.79. The average molecular weight is 451 g/mol. The molecule has 0 aliphatic heterocycles. The molecule has 0 amide bonds. The second-order valence-electron chi connectivity index (χ2n) is 8.57. The molecule has 6 nitrogen and oxygen atoms in total. The average Bonchev–Trinajstić information content (AvgIpc) is 2.71. The van der Waals surface area contributed by atoms with Gasteiger partial charge >= 0.3 is 0 Å². The van der Waals surface area contributed by atoms with Crippen LogP contribution >= 0.6 is 0 Å². The van der Waals surface area contributed by atoms with Crippen LogP contribution in [0.4, 0.5) is 4.39 Å². The zero-order valence-electron chi connectivity index (χ0n) is 18.3. The minimum atomic E-state index is -3.39. The lowest BCUT2D eigenvalue weighted by Gasteiger charge is -2.30. The highest BCUT2D eigenvalue weighted by Crippen LogP contribution is 2.34. The van der Waals surface area contributed by atoms with Crippen LogP contribution in [0.3, 0.4) is 0 Å². The molecule has 0 bridgehead atoms. The zero-order valence-corrected chi connectivity index (χ0v) is 19.1. The molecule has 3 rings (SSSR count). The number of nitrogens with one attached hydrogen (secondary N) is 1. The first-order valence-corrected chi connectivity index (χ1v) is 12.5. The van der Waals surface area contributed by atoms with Gasteiger partial charge in [-0.3, -0.25) is 4.79 Å². The third-order valence-electron chi connectivity index (χ3n) is 5.91. The van der Waals surface area contributed by atoms with Gasteiger partial charge in [0.1, 0.15) is 5.82 Å². The number of halogens is 1. The highest BCUT2D eigenvalue weighted by atomic mass is 32.2. The smallest absolute Gasteiger partial charge is 0.253 e. The largest absolute Gasteiger partial charge is 0.378 e. The number of hydrogen-bond donors (Lipinski definition) is 1. The number of benzene rings is 1. The molecule has 1 aromatic heterocycles. The minimum absolute atomic E-state index is 0.0409. The van der Waals surface area contributed by atoms with Crippen molar-refractivity contribution in [2.45, 2.75) is 50.5 Å². The van der Waals surface area contributed by atoms with E-state index in [2.05, 4.69) is 4.72 Å². The summed E-state index contributed by atoms with van der Waals surface area (Å²) in [5.74, 6) is -0.270. The molecular weight excluding hydrogens is 419 g/mol. The highest BCUT2D eigenvalue weighted by Gasteiger charge is 2.25. The van der Waals surface area contributed by atoms with Gasteiger partial charge in [-0.2, -0.15) is 0 Å². The van der Waals surface area contributed by atoms with Crippen LogP contribution < -0.4 is 10.3 Å². The predicted octanol–water partition coefficient (Wildman–Crippen LogP) is 3.21. The summed E-state index contributed by atoms with van der Waals surface area (Å²) in [4.78, 5) is 12.7. The number of aryl methyl sites for hydroxylation is 2. The standard InChI is InChI=1S/C23H31FN2O4S/c1-16-11-22(23(27)26(2)14-16)19(13-25-31(3,28)29)15-30-21-9-7-17(8-10-21)18-5-4-6-20(24)12-18/h4-6,11-12,14,17,19,21,25H,7-10,13,15H2,1-3H3/t17?,19-,21?/m0/s1. The first kappa shape index (κ1) is 23.6. The molecule has 1 aliphatic carbocycles. The lowest BCUT2D eigenvalue weighted by Crippen LogP contribution is -2.35. The quantitative estimate of drug-likeness (QED) is 0.670. The maximum absolute atomic E-state index is 13.5. The summed E-state index contributed by atoms with van der Waals surface area (Å²) in [6.07, 6.45) is 6.41. The molecule has 2 aromatic rings. The van der Waals surface area contributed by atoms with E-state index in [1.165, 1.54) is 10.6 Å². The summed E-state index contributed by atoms with van der Waals surface area (Å²) in [6, 6.07) is 8.58.